The molecule has 18 heavy (non-hydrogen) atoms. The number of anilines is 1. The van der Waals surface area contributed by atoms with Crippen LogP contribution in [0.15, 0.2) is 6.20 Å². The fourth-order valence-electron chi connectivity index (χ4n) is 1.75. The van der Waals surface area contributed by atoms with Crippen molar-refractivity contribution in [2.75, 3.05) is 12.4 Å². The summed E-state index contributed by atoms with van der Waals surface area (Å²) in [7, 11) is 1.46. The number of ether oxygens (including phenoxy) is 1. The first-order valence-corrected chi connectivity index (χ1v) is 6.03. The number of hydrogen-bond acceptors (Lipinski definition) is 5. The van der Waals surface area contributed by atoms with Gasteiger partial charge in [-0.1, -0.05) is 11.6 Å². The van der Waals surface area contributed by atoms with Gasteiger partial charge >= 0.3 is 12.0 Å². The summed E-state index contributed by atoms with van der Waals surface area (Å²) in [6.45, 7) is 0. The number of aromatic nitrogens is 2. The minimum Gasteiger partial charge on any atom is -0.481 e. The highest BCUT2D eigenvalue weighted by Crippen LogP contribution is 2.36. The quantitative estimate of drug-likeness (QED) is 0.821. The summed E-state index contributed by atoms with van der Waals surface area (Å²) in [5.41, 5.74) is 0. The summed E-state index contributed by atoms with van der Waals surface area (Å²) in [5, 5.41) is 12.3. The summed E-state index contributed by atoms with van der Waals surface area (Å²) in [6, 6.07) is 0.0476. The van der Waals surface area contributed by atoms with Gasteiger partial charge in [-0.2, -0.15) is 4.98 Å². The molecule has 6 nitrogen and oxygen atoms in total. The van der Waals surface area contributed by atoms with Gasteiger partial charge < -0.3 is 15.2 Å². The van der Waals surface area contributed by atoms with Gasteiger partial charge in [0.15, 0.2) is 5.82 Å². The molecule has 1 saturated carbocycles. The molecule has 1 unspecified atom stereocenters. The van der Waals surface area contributed by atoms with E-state index in [1.54, 1.807) is 0 Å². The number of nitrogens with one attached hydrogen (secondary N) is 1. The topological polar surface area (TPSA) is 84.3 Å². The third-order valence-electron chi connectivity index (χ3n) is 2.81. The Kier molecular flexibility index (Phi) is 3.86. The van der Waals surface area contributed by atoms with Crippen LogP contribution in [-0.2, 0) is 4.79 Å². The first-order chi connectivity index (χ1) is 8.60. The van der Waals surface area contributed by atoms with E-state index in [0.717, 1.165) is 12.8 Å². The number of hydrogen-bond donors (Lipinski definition) is 2. The Morgan fingerprint density at radius 1 is 1.72 bits per heavy atom. The monoisotopic (exact) mass is 271 g/mol. The molecule has 1 aromatic rings. The maximum absolute atomic E-state index is 10.8. The number of carboxylic acids is 1. The Balaban J connectivity index is 2.12. The Hall–Kier alpha value is -1.56. The molecule has 0 bridgehead atoms. The first kappa shape index (κ1) is 12.9. The molecule has 0 aromatic carbocycles. The molecule has 1 fully saturated rings. The maximum Gasteiger partial charge on any atom is 0.318 e. The van der Waals surface area contributed by atoms with Gasteiger partial charge in [0.05, 0.1) is 19.7 Å². The fourth-order valence-corrected chi connectivity index (χ4v) is 1.89. The van der Waals surface area contributed by atoms with Gasteiger partial charge in [-0.05, 0) is 18.8 Å². The van der Waals surface area contributed by atoms with Crippen LogP contribution in [-0.4, -0.2) is 34.2 Å². The molecule has 0 spiro atoms. The summed E-state index contributed by atoms with van der Waals surface area (Å²) in [6.07, 6.45) is 3.54. The van der Waals surface area contributed by atoms with Crippen LogP contribution in [0.25, 0.3) is 0 Å². The zero-order valence-electron chi connectivity index (χ0n) is 9.89. The summed E-state index contributed by atoms with van der Waals surface area (Å²) < 4.78 is 4.91. The first-order valence-electron chi connectivity index (χ1n) is 5.65. The van der Waals surface area contributed by atoms with Gasteiger partial charge in [0.1, 0.15) is 5.02 Å². The van der Waals surface area contributed by atoms with Gasteiger partial charge in [-0.25, -0.2) is 4.98 Å². The number of carboxylic acid groups (broad SMARTS) is 1. The van der Waals surface area contributed by atoms with Gasteiger partial charge in [0, 0.05) is 6.04 Å². The second-order valence-corrected chi connectivity index (χ2v) is 4.65. The number of methoxy groups -OCH3 is 1. The van der Waals surface area contributed by atoms with E-state index >= 15 is 0 Å². The molecule has 1 heterocycles. The zero-order chi connectivity index (χ0) is 13.1. The maximum atomic E-state index is 10.8. The normalized spacial score (nSPS) is 16.1. The van der Waals surface area contributed by atoms with Crippen LogP contribution < -0.4 is 10.1 Å². The second-order valence-electron chi connectivity index (χ2n) is 4.24. The van der Waals surface area contributed by atoms with E-state index < -0.39 is 5.97 Å². The highest BCUT2D eigenvalue weighted by molar-refractivity contribution is 6.32. The van der Waals surface area contributed by atoms with Crippen molar-refractivity contribution in [3.8, 4) is 6.01 Å². The van der Waals surface area contributed by atoms with Crippen LogP contribution in [0.3, 0.4) is 0 Å². The molecular weight excluding hydrogens is 258 g/mol. The Morgan fingerprint density at radius 2 is 2.44 bits per heavy atom. The van der Waals surface area contributed by atoms with E-state index in [4.69, 9.17) is 21.4 Å². The van der Waals surface area contributed by atoms with E-state index in [-0.39, 0.29) is 18.5 Å². The van der Waals surface area contributed by atoms with Crippen molar-refractivity contribution < 1.29 is 14.6 Å². The molecule has 2 rings (SSSR count). The summed E-state index contributed by atoms with van der Waals surface area (Å²) in [5.74, 6) is -0.0451. The third-order valence-corrected chi connectivity index (χ3v) is 3.09. The lowest BCUT2D eigenvalue weighted by Crippen LogP contribution is -2.26. The van der Waals surface area contributed by atoms with Crippen LogP contribution >= 0.6 is 11.6 Å². The van der Waals surface area contributed by atoms with Gasteiger partial charge in [-0.15, -0.1) is 0 Å². The number of nitrogens with zero attached hydrogens (tertiary/aromatic N) is 2. The van der Waals surface area contributed by atoms with Crippen molar-refractivity contribution >= 4 is 23.4 Å². The molecular formula is C11H14ClN3O3. The van der Waals surface area contributed by atoms with E-state index in [9.17, 15) is 4.79 Å². The van der Waals surface area contributed by atoms with Crippen molar-refractivity contribution in [2.24, 2.45) is 5.92 Å². The predicted octanol–water partition coefficient (Wildman–Crippen LogP) is 1.80. The minimum absolute atomic E-state index is 0.0489. The van der Waals surface area contributed by atoms with Crippen molar-refractivity contribution in [1.29, 1.82) is 0 Å². The molecule has 1 aliphatic rings. The van der Waals surface area contributed by atoms with Crippen molar-refractivity contribution in [3.63, 3.8) is 0 Å². The predicted molar refractivity (Wildman–Crippen MR) is 66.0 cm³/mol. The van der Waals surface area contributed by atoms with E-state index in [1.165, 1.54) is 13.3 Å². The molecule has 1 aliphatic carbocycles. The molecule has 2 N–H and O–H groups in total. The van der Waals surface area contributed by atoms with Crippen molar-refractivity contribution in [3.05, 3.63) is 11.2 Å². The van der Waals surface area contributed by atoms with Crippen molar-refractivity contribution in [1.82, 2.24) is 9.97 Å². The van der Waals surface area contributed by atoms with Crippen LogP contribution in [0.1, 0.15) is 19.3 Å². The molecule has 0 aliphatic heterocycles. The molecule has 0 amide bonds. The number of aliphatic carboxylic acids is 1. The van der Waals surface area contributed by atoms with Crippen molar-refractivity contribution in [2.45, 2.75) is 25.3 Å². The van der Waals surface area contributed by atoms with Gasteiger partial charge in [-0.3, -0.25) is 4.79 Å². The number of rotatable bonds is 6. The van der Waals surface area contributed by atoms with Crippen LogP contribution in [0.4, 0.5) is 5.82 Å². The van der Waals surface area contributed by atoms with Gasteiger partial charge in [0.2, 0.25) is 0 Å². The molecule has 1 aromatic heterocycles. The Bertz CT molecular complexity index is 451. The average molecular weight is 272 g/mol. The Labute approximate surface area is 109 Å². The largest absolute Gasteiger partial charge is 0.481 e. The van der Waals surface area contributed by atoms with Crippen LogP contribution in [0.5, 0.6) is 6.01 Å². The van der Waals surface area contributed by atoms with Gasteiger partial charge in [0.25, 0.3) is 0 Å². The molecule has 0 saturated heterocycles. The highest BCUT2D eigenvalue weighted by Gasteiger charge is 2.33. The summed E-state index contributed by atoms with van der Waals surface area (Å²) >= 11 is 5.97. The lowest BCUT2D eigenvalue weighted by atomic mass is 10.1. The highest BCUT2D eigenvalue weighted by atomic mass is 35.5. The molecule has 1 atom stereocenters. The number of halogens is 1. The number of carbonyl (C=O) groups is 1. The van der Waals surface area contributed by atoms with Crippen LogP contribution in [0, 0.1) is 5.92 Å². The van der Waals surface area contributed by atoms with E-state index in [1.807, 2.05) is 0 Å². The fraction of sp³-hybridized carbons (Fsp3) is 0.545. The lowest BCUT2D eigenvalue weighted by Gasteiger charge is -2.17. The smallest absolute Gasteiger partial charge is 0.318 e. The van der Waals surface area contributed by atoms with E-state index in [0.29, 0.717) is 16.8 Å². The molecule has 98 valence electrons. The molecule has 7 heteroatoms. The summed E-state index contributed by atoms with van der Waals surface area (Å²) in [4.78, 5) is 18.8. The Morgan fingerprint density at radius 3 is 3.00 bits per heavy atom. The molecule has 0 radical (unpaired) electrons. The zero-order valence-corrected chi connectivity index (χ0v) is 10.6. The lowest BCUT2D eigenvalue weighted by molar-refractivity contribution is -0.137. The van der Waals surface area contributed by atoms with E-state index in [2.05, 4.69) is 15.3 Å². The average Bonchev–Trinajstić information content (AvgIpc) is 3.14. The SMILES string of the molecule is COc1ncc(Cl)c(NC(CC(=O)O)C2CC2)n1. The second kappa shape index (κ2) is 5.39. The minimum atomic E-state index is -0.837. The third kappa shape index (κ3) is 3.22. The standard InChI is InChI=1S/C11H14ClN3O3/c1-18-11-13-5-7(12)10(15-11)14-8(4-9(16)17)6-2-3-6/h5-6,8H,2-4H2,1H3,(H,16,17)(H,13,14,15). The van der Waals surface area contributed by atoms with Crippen LogP contribution in [0.2, 0.25) is 5.02 Å².